The van der Waals surface area contributed by atoms with E-state index in [-0.39, 0.29) is 0 Å². The van der Waals surface area contributed by atoms with Crippen LogP contribution in [0.15, 0.2) is 159 Å². The quantitative estimate of drug-likeness (QED) is 0.133. The molecule has 6 rings (SSSR count). The van der Waals surface area contributed by atoms with Crippen molar-refractivity contribution < 1.29 is 0 Å². The molecule has 0 saturated heterocycles. The smallest absolute Gasteiger partial charge is 0.000110 e. The standard InChI is InChI=1S/C42H34/c1-5-9-19-30(8-4)42-37-26-16-12-22-33(37)40(34-23-13-17-27-38(34)42)28-39-31-20-10-14-24-35(31)41(29(7-3)18-6-2)36-25-15-11-21-32(36)39/h5-27H,1-3,28H2,4H3/b19-9-,29-18+,30-8+. The first kappa shape index (κ1) is 27.0. The van der Waals surface area contributed by atoms with Crippen molar-refractivity contribution in [3.05, 3.63) is 182 Å². The summed E-state index contributed by atoms with van der Waals surface area (Å²) in [6.45, 7) is 14.1. The van der Waals surface area contributed by atoms with Gasteiger partial charge >= 0.3 is 0 Å². The Morgan fingerprint density at radius 2 is 0.905 bits per heavy atom. The SMILES string of the molecule is C=C/C=C\C(=C/C)c1c2ccccc2c(Cc2c3ccccc3c(/C(C=C)=C/C=C)c3ccccc23)c2ccccc12. The van der Waals surface area contributed by atoms with Crippen molar-refractivity contribution in [2.24, 2.45) is 0 Å². The van der Waals surface area contributed by atoms with E-state index < -0.39 is 0 Å². The summed E-state index contributed by atoms with van der Waals surface area (Å²) < 4.78 is 0. The van der Waals surface area contributed by atoms with Crippen LogP contribution in [0.2, 0.25) is 0 Å². The maximum Gasteiger partial charge on any atom is -0.000110 e. The van der Waals surface area contributed by atoms with Crippen molar-refractivity contribution >= 4 is 54.2 Å². The Hall–Kier alpha value is -5.20. The molecule has 0 heteroatoms. The van der Waals surface area contributed by atoms with E-state index >= 15 is 0 Å². The van der Waals surface area contributed by atoms with E-state index in [0.29, 0.717) is 0 Å². The monoisotopic (exact) mass is 538 g/mol. The third-order valence-corrected chi connectivity index (χ3v) is 8.26. The number of allylic oxidation sites excluding steroid dienone is 9. The zero-order valence-corrected chi connectivity index (χ0v) is 24.1. The minimum Gasteiger partial charge on any atom is -0.0991 e. The number of benzene rings is 6. The van der Waals surface area contributed by atoms with Crippen LogP contribution in [0.5, 0.6) is 0 Å². The molecule has 0 aliphatic heterocycles. The fraction of sp³-hybridized carbons (Fsp3) is 0.0476. The molecule has 0 aliphatic carbocycles. The van der Waals surface area contributed by atoms with Gasteiger partial charge in [-0.3, -0.25) is 0 Å². The summed E-state index contributed by atoms with van der Waals surface area (Å²) in [7, 11) is 0. The van der Waals surface area contributed by atoms with Gasteiger partial charge in [0.05, 0.1) is 0 Å². The summed E-state index contributed by atoms with van der Waals surface area (Å²) in [6.07, 6.45) is 14.9. The second-order valence-corrected chi connectivity index (χ2v) is 10.5. The van der Waals surface area contributed by atoms with Crippen LogP contribution >= 0.6 is 0 Å². The Labute approximate surface area is 248 Å². The lowest BCUT2D eigenvalue weighted by atomic mass is 9.82. The van der Waals surface area contributed by atoms with Gasteiger partial charge in [-0.15, -0.1) is 0 Å². The van der Waals surface area contributed by atoms with Crippen molar-refractivity contribution in [3.8, 4) is 0 Å². The fourth-order valence-corrected chi connectivity index (χ4v) is 6.49. The third-order valence-electron chi connectivity index (χ3n) is 8.26. The number of fused-ring (bicyclic) bond motifs is 4. The van der Waals surface area contributed by atoms with Gasteiger partial charge in [-0.1, -0.05) is 159 Å². The Morgan fingerprint density at radius 3 is 1.24 bits per heavy atom. The molecule has 0 spiro atoms. The lowest BCUT2D eigenvalue weighted by Gasteiger charge is -2.21. The Morgan fingerprint density at radius 1 is 0.524 bits per heavy atom. The van der Waals surface area contributed by atoms with Gasteiger partial charge in [-0.2, -0.15) is 0 Å². The van der Waals surface area contributed by atoms with Gasteiger partial charge in [0.2, 0.25) is 0 Å². The first-order valence-corrected chi connectivity index (χ1v) is 14.5. The summed E-state index contributed by atoms with van der Waals surface area (Å²) in [5, 5.41) is 10.1. The molecule has 0 heterocycles. The molecule has 202 valence electrons. The Kier molecular flexibility index (Phi) is 7.54. The Balaban J connectivity index is 1.73. The van der Waals surface area contributed by atoms with E-state index in [1.165, 1.54) is 70.9 Å². The lowest BCUT2D eigenvalue weighted by Crippen LogP contribution is -2.00. The van der Waals surface area contributed by atoms with Crippen LogP contribution in [-0.2, 0) is 6.42 Å². The maximum absolute atomic E-state index is 4.15. The molecule has 0 atom stereocenters. The highest BCUT2D eigenvalue weighted by Gasteiger charge is 2.19. The van der Waals surface area contributed by atoms with E-state index in [1.807, 2.05) is 24.3 Å². The van der Waals surface area contributed by atoms with Crippen molar-refractivity contribution in [1.82, 2.24) is 0 Å². The summed E-state index contributed by atoms with van der Waals surface area (Å²) in [6, 6.07) is 35.3. The molecule has 0 fully saturated rings. The van der Waals surface area contributed by atoms with Crippen LogP contribution < -0.4 is 0 Å². The third kappa shape index (κ3) is 4.52. The molecule has 0 unspecified atom stereocenters. The van der Waals surface area contributed by atoms with E-state index in [1.54, 1.807) is 0 Å². The molecule has 0 N–H and O–H groups in total. The van der Waals surface area contributed by atoms with E-state index in [0.717, 1.165) is 12.0 Å². The molecule has 0 aliphatic rings. The minimum atomic E-state index is 0.810. The summed E-state index contributed by atoms with van der Waals surface area (Å²) >= 11 is 0. The van der Waals surface area contributed by atoms with E-state index in [4.69, 9.17) is 0 Å². The van der Waals surface area contributed by atoms with Gasteiger partial charge in [0.1, 0.15) is 0 Å². The van der Waals surface area contributed by atoms with Gasteiger partial charge in [-0.25, -0.2) is 0 Å². The van der Waals surface area contributed by atoms with Crippen molar-refractivity contribution in [3.63, 3.8) is 0 Å². The molecule has 0 aromatic heterocycles. The van der Waals surface area contributed by atoms with Gasteiger partial charge in [0.25, 0.3) is 0 Å². The molecule has 0 nitrogen and oxygen atoms in total. The Bertz CT molecular complexity index is 2000. The summed E-state index contributed by atoms with van der Waals surface area (Å²) in [5.74, 6) is 0. The number of rotatable bonds is 8. The average molecular weight is 539 g/mol. The van der Waals surface area contributed by atoms with Crippen molar-refractivity contribution in [2.75, 3.05) is 0 Å². The highest BCUT2D eigenvalue weighted by Crippen LogP contribution is 2.42. The van der Waals surface area contributed by atoms with Gasteiger partial charge < -0.3 is 0 Å². The lowest BCUT2D eigenvalue weighted by molar-refractivity contribution is 1.28. The summed E-state index contributed by atoms with van der Waals surface area (Å²) in [5.41, 5.74) is 7.43. The minimum absolute atomic E-state index is 0.810. The highest BCUT2D eigenvalue weighted by atomic mass is 14.2. The molecule has 0 bridgehead atoms. The normalized spacial score (nSPS) is 12.5. The second kappa shape index (κ2) is 11.7. The van der Waals surface area contributed by atoms with Crippen molar-refractivity contribution in [2.45, 2.75) is 13.3 Å². The maximum atomic E-state index is 4.15. The van der Waals surface area contributed by atoms with Crippen LogP contribution in [-0.4, -0.2) is 0 Å². The molecule has 42 heavy (non-hydrogen) atoms. The van der Waals surface area contributed by atoms with Gasteiger partial charge in [-0.05, 0) is 89.8 Å². The van der Waals surface area contributed by atoms with Crippen LogP contribution in [0.4, 0.5) is 0 Å². The first-order valence-electron chi connectivity index (χ1n) is 14.5. The zero-order chi connectivity index (χ0) is 29.1. The van der Waals surface area contributed by atoms with Crippen LogP contribution in [0.1, 0.15) is 29.2 Å². The largest absolute Gasteiger partial charge is 0.0991 e. The highest BCUT2D eigenvalue weighted by molar-refractivity contribution is 6.15. The first-order chi connectivity index (χ1) is 20.7. The molecular formula is C42H34. The molecule has 0 amide bonds. The van der Waals surface area contributed by atoms with Crippen molar-refractivity contribution in [1.29, 1.82) is 0 Å². The second-order valence-electron chi connectivity index (χ2n) is 10.5. The number of hydrogen-bond donors (Lipinski definition) is 0. The summed E-state index contributed by atoms with van der Waals surface area (Å²) in [4.78, 5) is 0. The molecule has 0 radical (unpaired) electrons. The van der Waals surface area contributed by atoms with Crippen LogP contribution in [0.25, 0.3) is 54.2 Å². The topological polar surface area (TPSA) is 0 Å². The van der Waals surface area contributed by atoms with Gasteiger partial charge in [0.15, 0.2) is 0 Å². The number of hydrogen-bond acceptors (Lipinski definition) is 0. The van der Waals surface area contributed by atoms with E-state index in [9.17, 15) is 0 Å². The predicted molar refractivity (Wildman–Crippen MR) is 187 cm³/mol. The van der Waals surface area contributed by atoms with Crippen LogP contribution in [0.3, 0.4) is 0 Å². The van der Waals surface area contributed by atoms with Crippen LogP contribution in [0, 0.1) is 0 Å². The fourth-order valence-electron chi connectivity index (χ4n) is 6.49. The molecular weight excluding hydrogens is 504 g/mol. The molecule has 6 aromatic rings. The predicted octanol–water partition coefficient (Wildman–Crippen LogP) is 11.8. The molecule has 0 saturated carbocycles. The average Bonchev–Trinajstić information content (AvgIpc) is 3.04. The molecule has 6 aromatic carbocycles. The van der Waals surface area contributed by atoms with Gasteiger partial charge in [0, 0.05) is 0 Å². The van der Waals surface area contributed by atoms with E-state index in [2.05, 4.69) is 142 Å². The zero-order valence-electron chi connectivity index (χ0n) is 24.1.